The van der Waals surface area contributed by atoms with Crippen molar-refractivity contribution in [2.24, 2.45) is 0 Å². The number of aromatic nitrogens is 4. The summed E-state index contributed by atoms with van der Waals surface area (Å²) in [7, 11) is 1.50. The number of benzene rings is 2. The molecule has 1 aromatic heterocycles. The first-order valence-corrected chi connectivity index (χ1v) is 9.21. The van der Waals surface area contributed by atoms with Gasteiger partial charge < -0.3 is 14.8 Å². The third kappa shape index (κ3) is 4.45. The van der Waals surface area contributed by atoms with E-state index in [1.165, 1.54) is 19.2 Å². The van der Waals surface area contributed by atoms with E-state index in [-0.39, 0.29) is 17.2 Å². The van der Waals surface area contributed by atoms with E-state index in [9.17, 15) is 4.39 Å². The third-order valence-corrected chi connectivity index (χ3v) is 4.63. The lowest BCUT2D eigenvalue weighted by molar-refractivity contribution is 0.280. The monoisotopic (exact) mass is 425 g/mol. The Morgan fingerprint density at radius 2 is 2.04 bits per heavy atom. The zero-order chi connectivity index (χ0) is 20.1. The lowest BCUT2D eigenvalue weighted by atomic mass is 10.2. The molecule has 2 aromatic carbocycles. The van der Waals surface area contributed by atoms with Gasteiger partial charge in [0.25, 0.3) is 0 Å². The van der Waals surface area contributed by atoms with Gasteiger partial charge in [0.15, 0.2) is 11.5 Å². The van der Waals surface area contributed by atoms with E-state index in [0.29, 0.717) is 35.6 Å². The van der Waals surface area contributed by atoms with E-state index in [1.807, 2.05) is 6.92 Å². The number of methoxy groups -OCH3 is 1. The topological polar surface area (TPSA) is 74.1 Å². The molecule has 0 fully saturated rings. The molecule has 7 nitrogen and oxygen atoms in total. The number of aryl methyl sites for hydroxylation is 1. The van der Waals surface area contributed by atoms with Crippen LogP contribution in [0.15, 0.2) is 30.3 Å². The van der Waals surface area contributed by atoms with Crippen LogP contribution >= 0.6 is 23.2 Å². The molecule has 1 N–H and O–H groups in total. The number of tetrazole rings is 1. The molecule has 0 radical (unpaired) electrons. The summed E-state index contributed by atoms with van der Waals surface area (Å²) in [6.45, 7) is 2.93. The zero-order valence-electron chi connectivity index (χ0n) is 15.2. The molecule has 0 atom stereocenters. The fraction of sp³-hybridized carbons (Fsp3) is 0.278. The van der Waals surface area contributed by atoms with Gasteiger partial charge in [-0.3, -0.25) is 0 Å². The lowest BCUT2D eigenvalue weighted by Crippen LogP contribution is -2.08. The molecule has 0 aliphatic heterocycles. The van der Waals surface area contributed by atoms with Gasteiger partial charge in [-0.05, 0) is 47.2 Å². The van der Waals surface area contributed by atoms with Crippen molar-refractivity contribution in [2.45, 2.75) is 26.6 Å². The van der Waals surface area contributed by atoms with Gasteiger partial charge >= 0.3 is 0 Å². The summed E-state index contributed by atoms with van der Waals surface area (Å²) in [5, 5.41) is 15.2. The Hall–Kier alpha value is -2.58. The molecular formula is C18H18Cl2FN5O2. The van der Waals surface area contributed by atoms with E-state index in [0.717, 1.165) is 5.56 Å². The van der Waals surface area contributed by atoms with Crippen LogP contribution < -0.4 is 14.8 Å². The van der Waals surface area contributed by atoms with Crippen molar-refractivity contribution in [1.82, 2.24) is 20.2 Å². The van der Waals surface area contributed by atoms with Gasteiger partial charge in [0.2, 0.25) is 5.95 Å². The Morgan fingerprint density at radius 1 is 1.21 bits per heavy atom. The maximum Gasteiger partial charge on any atom is 0.243 e. The molecule has 0 spiro atoms. The Kier molecular flexibility index (Phi) is 6.53. The first kappa shape index (κ1) is 20.2. The molecule has 0 bridgehead atoms. The molecule has 0 unspecified atom stereocenters. The second-order valence-corrected chi connectivity index (χ2v) is 6.58. The number of halogens is 3. The Labute approximate surface area is 171 Å². The number of rotatable bonds is 8. The molecule has 0 aliphatic carbocycles. The quantitative estimate of drug-likeness (QED) is 0.578. The second kappa shape index (κ2) is 9.07. The molecular weight excluding hydrogens is 408 g/mol. The third-order valence-electron chi connectivity index (χ3n) is 3.99. The van der Waals surface area contributed by atoms with Gasteiger partial charge in [0.1, 0.15) is 12.4 Å². The molecule has 1 heterocycles. The predicted octanol–water partition coefficient (Wildman–Crippen LogP) is 4.34. The van der Waals surface area contributed by atoms with E-state index < -0.39 is 5.82 Å². The van der Waals surface area contributed by atoms with E-state index >= 15 is 0 Å². The maximum absolute atomic E-state index is 13.9. The number of nitrogens with one attached hydrogen (secondary N) is 1. The summed E-state index contributed by atoms with van der Waals surface area (Å²) in [5.74, 6) is 0.835. The van der Waals surface area contributed by atoms with Crippen LogP contribution in [0.5, 0.6) is 11.5 Å². The SMILES string of the molecule is CCn1nnnc1NCc1cc(Cl)c(OCc2c(F)cccc2Cl)c(OC)c1. The van der Waals surface area contributed by atoms with Crippen LogP contribution in [-0.4, -0.2) is 27.3 Å². The highest BCUT2D eigenvalue weighted by atomic mass is 35.5. The molecule has 0 aliphatic rings. The van der Waals surface area contributed by atoms with Gasteiger partial charge in [-0.15, -0.1) is 0 Å². The highest BCUT2D eigenvalue weighted by Crippen LogP contribution is 2.37. The average molecular weight is 426 g/mol. The summed E-state index contributed by atoms with van der Waals surface area (Å²) < 4.78 is 26.7. The van der Waals surface area contributed by atoms with E-state index in [1.54, 1.807) is 22.9 Å². The van der Waals surface area contributed by atoms with Crippen molar-refractivity contribution >= 4 is 29.2 Å². The van der Waals surface area contributed by atoms with Crippen molar-refractivity contribution in [1.29, 1.82) is 0 Å². The number of nitrogens with zero attached hydrogens (tertiary/aromatic N) is 4. The van der Waals surface area contributed by atoms with Crippen LogP contribution in [0, 0.1) is 5.82 Å². The predicted molar refractivity (Wildman–Crippen MR) is 105 cm³/mol. The van der Waals surface area contributed by atoms with Crippen molar-refractivity contribution in [3.05, 3.63) is 57.3 Å². The highest BCUT2D eigenvalue weighted by Gasteiger charge is 2.15. The molecule has 148 valence electrons. The molecule has 28 heavy (non-hydrogen) atoms. The summed E-state index contributed by atoms with van der Waals surface area (Å²) in [6.07, 6.45) is 0. The normalized spacial score (nSPS) is 10.8. The van der Waals surface area contributed by atoms with Crippen LogP contribution in [-0.2, 0) is 19.7 Å². The van der Waals surface area contributed by atoms with Crippen LogP contribution in [0.3, 0.4) is 0 Å². The summed E-state index contributed by atoms with van der Waals surface area (Å²) >= 11 is 12.4. The second-order valence-electron chi connectivity index (χ2n) is 5.77. The van der Waals surface area contributed by atoms with Crippen molar-refractivity contribution in [3.63, 3.8) is 0 Å². The fourth-order valence-electron chi connectivity index (χ4n) is 2.56. The van der Waals surface area contributed by atoms with Gasteiger partial charge in [-0.2, -0.15) is 0 Å². The smallest absolute Gasteiger partial charge is 0.243 e. The van der Waals surface area contributed by atoms with Crippen LogP contribution in [0.2, 0.25) is 10.0 Å². The lowest BCUT2D eigenvalue weighted by Gasteiger charge is -2.15. The maximum atomic E-state index is 13.9. The molecule has 3 rings (SSSR count). The first-order valence-electron chi connectivity index (χ1n) is 8.45. The number of hydrogen-bond acceptors (Lipinski definition) is 6. The highest BCUT2D eigenvalue weighted by molar-refractivity contribution is 6.32. The summed E-state index contributed by atoms with van der Waals surface area (Å²) in [6, 6.07) is 7.96. The zero-order valence-corrected chi connectivity index (χ0v) is 16.8. The fourth-order valence-corrected chi connectivity index (χ4v) is 3.06. The van der Waals surface area contributed by atoms with E-state index in [2.05, 4.69) is 20.8 Å². The Bertz CT molecular complexity index is 947. The molecule has 10 heteroatoms. The Balaban J connectivity index is 1.76. The largest absolute Gasteiger partial charge is 0.493 e. The first-order chi connectivity index (χ1) is 13.5. The standard InChI is InChI=1S/C18H18Cl2FN5O2/c1-3-26-18(23-24-25-26)22-9-11-7-14(20)17(16(8-11)27-2)28-10-12-13(19)5-4-6-15(12)21/h4-8H,3,9-10H2,1-2H3,(H,22,23,25). The molecule has 0 saturated carbocycles. The minimum Gasteiger partial charge on any atom is -0.493 e. The van der Waals surface area contributed by atoms with Crippen molar-refractivity contribution < 1.29 is 13.9 Å². The van der Waals surface area contributed by atoms with Gasteiger partial charge in [-0.25, -0.2) is 9.07 Å². The number of hydrogen-bond donors (Lipinski definition) is 1. The minimum absolute atomic E-state index is 0.0789. The van der Waals surface area contributed by atoms with Gasteiger partial charge in [0.05, 0.1) is 17.2 Å². The van der Waals surface area contributed by atoms with E-state index in [4.69, 9.17) is 32.7 Å². The minimum atomic E-state index is -0.447. The van der Waals surface area contributed by atoms with Crippen LogP contribution in [0.1, 0.15) is 18.1 Å². The number of ether oxygens (including phenoxy) is 2. The Morgan fingerprint density at radius 3 is 2.75 bits per heavy atom. The van der Waals surface area contributed by atoms with Crippen molar-refractivity contribution in [3.8, 4) is 11.5 Å². The molecule has 3 aromatic rings. The van der Waals surface area contributed by atoms with Crippen molar-refractivity contribution in [2.75, 3.05) is 12.4 Å². The molecule has 0 amide bonds. The molecule has 0 saturated heterocycles. The van der Waals surface area contributed by atoms with Gasteiger partial charge in [0, 0.05) is 18.7 Å². The summed E-state index contributed by atoms with van der Waals surface area (Å²) in [5.41, 5.74) is 1.09. The average Bonchev–Trinajstić information content (AvgIpc) is 3.14. The van der Waals surface area contributed by atoms with Crippen LogP contribution in [0.4, 0.5) is 10.3 Å². The summed E-state index contributed by atoms with van der Waals surface area (Å²) in [4.78, 5) is 0. The van der Waals surface area contributed by atoms with Crippen LogP contribution in [0.25, 0.3) is 0 Å². The number of anilines is 1. The van der Waals surface area contributed by atoms with Gasteiger partial charge in [-0.1, -0.05) is 34.4 Å².